The highest BCUT2D eigenvalue weighted by molar-refractivity contribution is 9.10. The van der Waals surface area contributed by atoms with E-state index in [1.807, 2.05) is 12.2 Å². The fraction of sp³-hybridized carbons (Fsp3) is 0.455. The number of fused-ring (bicyclic) bond motifs is 5. The Labute approximate surface area is 188 Å². The molecule has 31 heavy (non-hydrogen) atoms. The molecule has 9 heteroatoms. The number of benzene rings is 1. The monoisotopic (exact) mass is 490 g/mol. The van der Waals surface area contributed by atoms with Crippen molar-refractivity contribution in [3.8, 4) is 11.5 Å². The lowest BCUT2D eigenvalue weighted by molar-refractivity contribution is -0.149. The van der Waals surface area contributed by atoms with Crippen molar-refractivity contribution in [2.45, 2.75) is 26.4 Å². The van der Waals surface area contributed by atoms with Gasteiger partial charge in [-0.05, 0) is 65.7 Å². The highest BCUT2D eigenvalue weighted by atomic mass is 79.9. The van der Waals surface area contributed by atoms with Crippen LogP contribution in [0.15, 0.2) is 33.9 Å². The minimum Gasteiger partial charge on any atom is -0.493 e. The molecule has 0 N–H and O–H groups in total. The van der Waals surface area contributed by atoms with E-state index in [4.69, 9.17) is 14.2 Å². The summed E-state index contributed by atoms with van der Waals surface area (Å²) in [6.07, 6.45) is 6.17. The number of carbonyl (C=O) groups is 3. The number of amides is 2. The van der Waals surface area contributed by atoms with E-state index < -0.39 is 5.97 Å². The lowest BCUT2D eigenvalue weighted by atomic mass is 9.85. The summed E-state index contributed by atoms with van der Waals surface area (Å²) in [7, 11) is 1.47. The third-order valence-corrected chi connectivity index (χ3v) is 6.31. The summed E-state index contributed by atoms with van der Waals surface area (Å²) >= 11 is 3.41. The molecule has 0 radical (unpaired) electrons. The van der Waals surface area contributed by atoms with Crippen LogP contribution in [0.5, 0.6) is 11.5 Å². The van der Waals surface area contributed by atoms with Crippen molar-refractivity contribution < 1.29 is 28.6 Å². The molecule has 1 aromatic rings. The van der Waals surface area contributed by atoms with Crippen molar-refractivity contribution in [1.29, 1.82) is 0 Å². The summed E-state index contributed by atoms with van der Waals surface area (Å²) < 4.78 is 16.5. The van der Waals surface area contributed by atoms with Gasteiger partial charge in [0.2, 0.25) is 0 Å². The molecule has 4 rings (SSSR count). The van der Waals surface area contributed by atoms with Gasteiger partial charge in [-0.15, -0.1) is 0 Å². The molecule has 2 fully saturated rings. The largest absolute Gasteiger partial charge is 0.493 e. The van der Waals surface area contributed by atoms with Gasteiger partial charge in [-0.25, -0.2) is 4.79 Å². The van der Waals surface area contributed by atoms with E-state index in [9.17, 15) is 14.4 Å². The zero-order valence-electron chi connectivity index (χ0n) is 17.4. The Kier molecular flexibility index (Phi) is 5.88. The summed E-state index contributed by atoms with van der Waals surface area (Å²) in [5, 5.41) is 5.17. The smallest absolute Gasteiger partial charge is 0.344 e. The van der Waals surface area contributed by atoms with Crippen molar-refractivity contribution in [3.63, 3.8) is 0 Å². The third kappa shape index (κ3) is 3.98. The second-order valence-electron chi connectivity index (χ2n) is 8.09. The fourth-order valence-electron chi connectivity index (χ4n) is 4.51. The van der Waals surface area contributed by atoms with Crippen LogP contribution in [0.1, 0.15) is 25.8 Å². The highest BCUT2D eigenvalue weighted by Gasteiger charge is 2.59. The van der Waals surface area contributed by atoms with Gasteiger partial charge in [0.1, 0.15) is 0 Å². The number of halogens is 1. The Hall–Kier alpha value is -2.68. The van der Waals surface area contributed by atoms with Gasteiger partial charge in [-0.2, -0.15) is 10.1 Å². The van der Waals surface area contributed by atoms with E-state index in [-0.39, 0.29) is 48.2 Å². The van der Waals surface area contributed by atoms with Crippen molar-refractivity contribution in [3.05, 3.63) is 34.3 Å². The van der Waals surface area contributed by atoms with Crippen LogP contribution in [0.3, 0.4) is 0 Å². The molecule has 1 aliphatic heterocycles. The van der Waals surface area contributed by atoms with E-state index in [1.54, 1.807) is 26.0 Å². The Morgan fingerprint density at radius 2 is 1.87 bits per heavy atom. The van der Waals surface area contributed by atoms with Crippen molar-refractivity contribution in [2.24, 2.45) is 28.8 Å². The van der Waals surface area contributed by atoms with Gasteiger partial charge in [0.05, 0.1) is 35.7 Å². The van der Waals surface area contributed by atoms with Gasteiger partial charge in [0, 0.05) is 0 Å². The number of carbonyl (C=O) groups excluding carboxylic acids is 3. The lowest BCUT2D eigenvalue weighted by Crippen LogP contribution is -2.28. The molecule has 3 aliphatic rings. The predicted molar refractivity (Wildman–Crippen MR) is 115 cm³/mol. The molecule has 0 aromatic heterocycles. The summed E-state index contributed by atoms with van der Waals surface area (Å²) in [5.41, 5.74) is 0.597. The molecule has 2 amide bonds. The molecule has 1 saturated carbocycles. The van der Waals surface area contributed by atoms with Crippen molar-refractivity contribution >= 4 is 39.9 Å². The fourth-order valence-corrected chi connectivity index (χ4v) is 5.08. The minimum atomic E-state index is -0.491. The van der Waals surface area contributed by atoms with Gasteiger partial charge < -0.3 is 14.2 Å². The molecular weight excluding hydrogens is 468 g/mol. The second-order valence-corrected chi connectivity index (χ2v) is 8.95. The first kappa shape index (κ1) is 21.5. The first-order chi connectivity index (χ1) is 14.8. The minimum absolute atomic E-state index is 0.139. The van der Waals surface area contributed by atoms with Crippen molar-refractivity contribution in [1.82, 2.24) is 5.01 Å². The topological polar surface area (TPSA) is 94.5 Å². The molecular formula is C22H23BrN2O6. The first-order valence-electron chi connectivity index (χ1n) is 10.1. The number of ether oxygens (including phenoxy) is 3. The van der Waals surface area contributed by atoms with Crippen LogP contribution < -0.4 is 9.47 Å². The summed E-state index contributed by atoms with van der Waals surface area (Å²) in [6.45, 7) is 3.25. The summed E-state index contributed by atoms with van der Waals surface area (Å²) in [6, 6.07) is 3.35. The van der Waals surface area contributed by atoms with Crippen LogP contribution in [-0.2, 0) is 19.1 Å². The number of hydrogen-bond donors (Lipinski definition) is 0. The van der Waals surface area contributed by atoms with E-state index in [0.29, 0.717) is 21.5 Å². The number of hydrazone groups is 1. The van der Waals surface area contributed by atoms with Gasteiger partial charge in [0.15, 0.2) is 18.1 Å². The number of esters is 1. The summed E-state index contributed by atoms with van der Waals surface area (Å²) in [4.78, 5) is 37.2. The molecule has 4 atom stereocenters. The maximum absolute atomic E-state index is 12.7. The quantitative estimate of drug-likeness (QED) is 0.252. The summed E-state index contributed by atoms with van der Waals surface area (Å²) in [5.74, 6) is -0.564. The molecule has 1 heterocycles. The molecule has 0 spiro atoms. The second kappa shape index (κ2) is 8.45. The standard InChI is InChI=1S/C22H23BrN2O6/c1-11(2)31-17(26)10-30-20-15(23)6-12(7-16(20)29-3)9-24-25-21(27)18-13-4-5-14(8-13)19(18)22(25)28/h4-7,9,11,13-14,18-19H,8,10H2,1-3H3/t13-,14-,18-,19+/m0/s1. The molecule has 8 nitrogen and oxygen atoms in total. The first-order valence-corrected chi connectivity index (χ1v) is 10.9. The Bertz CT molecular complexity index is 958. The van der Waals surface area contributed by atoms with E-state index in [1.165, 1.54) is 13.3 Å². The van der Waals surface area contributed by atoms with E-state index in [2.05, 4.69) is 21.0 Å². The highest BCUT2D eigenvalue weighted by Crippen LogP contribution is 2.52. The van der Waals surface area contributed by atoms with E-state index in [0.717, 1.165) is 11.4 Å². The molecule has 0 unspecified atom stereocenters. The van der Waals surface area contributed by atoms with Crippen LogP contribution in [0.4, 0.5) is 0 Å². The number of allylic oxidation sites excluding steroid dienone is 2. The van der Waals surface area contributed by atoms with Crippen LogP contribution in [0.2, 0.25) is 0 Å². The average molecular weight is 491 g/mol. The zero-order valence-corrected chi connectivity index (χ0v) is 19.0. The van der Waals surface area contributed by atoms with Crippen molar-refractivity contribution in [2.75, 3.05) is 13.7 Å². The Morgan fingerprint density at radius 3 is 2.45 bits per heavy atom. The number of hydrogen-bond acceptors (Lipinski definition) is 7. The van der Waals surface area contributed by atoms with Gasteiger partial charge in [-0.1, -0.05) is 12.2 Å². The van der Waals surface area contributed by atoms with Crippen LogP contribution in [0, 0.1) is 23.7 Å². The predicted octanol–water partition coefficient (Wildman–Crippen LogP) is 2.93. The number of nitrogens with zero attached hydrogens (tertiary/aromatic N) is 2. The van der Waals surface area contributed by atoms with Crippen LogP contribution in [0.25, 0.3) is 0 Å². The SMILES string of the molecule is COc1cc(C=NN2C(=O)[C@@H]3[C@H](C2=O)[C@H]2C=C[C@H]3C2)cc(Br)c1OCC(=O)OC(C)C. The molecule has 2 bridgehead atoms. The molecule has 1 saturated heterocycles. The molecule has 1 aromatic carbocycles. The number of imide groups is 1. The van der Waals surface area contributed by atoms with E-state index >= 15 is 0 Å². The van der Waals surface area contributed by atoms with Gasteiger partial charge in [0.25, 0.3) is 11.8 Å². The maximum Gasteiger partial charge on any atom is 0.344 e. The Morgan fingerprint density at radius 1 is 1.23 bits per heavy atom. The average Bonchev–Trinajstić information content (AvgIpc) is 3.39. The molecule has 2 aliphatic carbocycles. The third-order valence-electron chi connectivity index (χ3n) is 5.72. The number of methoxy groups -OCH3 is 1. The number of rotatable bonds is 7. The Balaban J connectivity index is 1.48. The maximum atomic E-state index is 12.7. The van der Waals surface area contributed by atoms with Gasteiger partial charge >= 0.3 is 5.97 Å². The zero-order chi connectivity index (χ0) is 22.3. The lowest BCUT2D eigenvalue weighted by Gasteiger charge is -2.14. The normalized spacial score (nSPS) is 26.3. The van der Waals surface area contributed by atoms with Crippen LogP contribution in [-0.4, -0.2) is 48.8 Å². The van der Waals surface area contributed by atoms with Crippen LogP contribution >= 0.6 is 15.9 Å². The molecule has 164 valence electrons. The van der Waals surface area contributed by atoms with Gasteiger partial charge in [-0.3, -0.25) is 9.59 Å².